The van der Waals surface area contributed by atoms with E-state index in [-0.39, 0.29) is 17.8 Å². The van der Waals surface area contributed by atoms with E-state index in [1.165, 1.54) is 7.11 Å². The van der Waals surface area contributed by atoms with Crippen molar-refractivity contribution in [1.29, 1.82) is 0 Å². The van der Waals surface area contributed by atoms with Gasteiger partial charge in [0, 0.05) is 12.5 Å². The molecule has 0 spiro atoms. The molecule has 0 heterocycles. The Morgan fingerprint density at radius 2 is 2.24 bits per heavy atom. The van der Waals surface area contributed by atoms with Crippen LogP contribution in [0.25, 0.3) is 0 Å². The smallest absolute Gasteiger partial charge is 0.326 e. The second-order valence-corrected chi connectivity index (χ2v) is 5.16. The van der Waals surface area contributed by atoms with Crippen LogP contribution in [0.5, 0.6) is 5.75 Å². The molecule has 1 aliphatic rings. The molecule has 1 aromatic carbocycles. The molecule has 0 aliphatic heterocycles. The molecule has 2 atom stereocenters. The van der Waals surface area contributed by atoms with E-state index >= 15 is 0 Å². The van der Waals surface area contributed by atoms with Crippen molar-refractivity contribution >= 4 is 5.97 Å². The number of rotatable bonds is 5. The first-order valence-corrected chi connectivity index (χ1v) is 6.96. The molecule has 0 bridgehead atoms. The van der Waals surface area contributed by atoms with E-state index in [2.05, 4.69) is 5.32 Å². The lowest BCUT2D eigenvalue weighted by Crippen LogP contribution is -2.51. The maximum absolute atomic E-state index is 13.6. The van der Waals surface area contributed by atoms with E-state index < -0.39 is 17.2 Å². The van der Waals surface area contributed by atoms with Crippen LogP contribution in [0.1, 0.15) is 26.2 Å². The fourth-order valence-electron chi connectivity index (χ4n) is 2.80. The molecule has 0 aromatic heterocycles. The Hall–Kier alpha value is -1.69. The molecule has 1 aliphatic carbocycles. The van der Waals surface area contributed by atoms with Crippen LogP contribution >= 0.6 is 0 Å². The average Bonchev–Trinajstić information content (AvgIpc) is 2.87. The molecule has 0 saturated heterocycles. The first-order chi connectivity index (χ1) is 10.0. The van der Waals surface area contributed by atoms with Crippen molar-refractivity contribution in [1.82, 2.24) is 5.32 Å². The standard InChI is InChI=1S/C15H19F2NO3/c1-3-18-15(14(19)20-2)7-6-11(9-15)21-13-8-10(16)4-5-12(13)17/h4-5,8,11,18H,3,6-7,9H2,1-2H3. The molecular weight excluding hydrogens is 280 g/mol. The Morgan fingerprint density at radius 1 is 1.48 bits per heavy atom. The van der Waals surface area contributed by atoms with Crippen molar-refractivity contribution in [3.8, 4) is 5.75 Å². The highest BCUT2D eigenvalue weighted by atomic mass is 19.1. The summed E-state index contributed by atoms with van der Waals surface area (Å²) in [6, 6.07) is 3.08. The molecule has 4 nitrogen and oxygen atoms in total. The van der Waals surface area contributed by atoms with Gasteiger partial charge in [-0.15, -0.1) is 0 Å². The maximum Gasteiger partial charge on any atom is 0.326 e. The topological polar surface area (TPSA) is 47.6 Å². The van der Waals surface area contributed by atoms with E-state index in [0.717, 1.165) is 18.2 Å². The first kappa shape index (κ1) is 15.7. The lowest BCUT2D eigenvalue weighted by Gasteiger charge is -2.27. The summed E-state index contributed by atoms with van der Waals surface area (Å²) in [6.07, 6.45) is 1.11. The monoisotopic (exact) mass is 299 g/mol. The minimum Gasteiger partial charge on any atom is -0.487 e. The lowest BCUT2D eigenvalue weighted by molar-refractivity contribution is -0.148. The van der Waals surface area contributed by atoms with Crippen molar-refractivity contribution in [2.75, 3.05) is 13.7 Å². The van der Waals surface area contributed by atoms with Gasteiger partial charge in [-0.05, 0) is 31.5 Å². The van der Waals surface area contributed by atoms with Crippen LogP contribution in [0, 0.1) is 11.6 Å². The molecule has 21 heavy (non-hydrogen) atoms. The summed E-state index contributed by atoms with van der Waals surface area (Å²) in [4.78, 5) is 12.0. The number of halogens is 2. The molecule has 1 saturated carbocycles. The number of hydrogen-bond donors (Lipinski definition) is 1. The van der Waals surface area contributed by atoms with Gasteiger partial charge in [0.05, 0.1) is 7.11 Å². The number of likely N-dealkylation sites (N-methyl/N-ethyl adjacent to an activating group) is 1. The van der Waals surface area contributed by atoms with Crippen LogP contribution in [0.2, 0.25) is 0 Å². The van der Waals surface area contributed by atoms with Gasteiger partial charge in [0.2, 0.25) is 0 Å². The number of hydrogen-bond acceptors (Lipinski definition) is 4. The summed E-state index contributed by atoms with van der Waals surface area (Å²) >= 11 is 0. The van der Waals surface area contributed by atoms with Gasteiger partial charge in [0.25, 0.3) is 0 Å². The van der Waals surface area contributed by atoms with Gasteiger partial charge >= 0.3 is 5.97 Å². The van der Waals surface area contributed by atoms with Gasteiger partial charge < -0.3 is 14.8 Å². The van der Waals surface area contributed by atoms with Crippen LogP contribution in [-0.4, -0.2) is 31.3 Å². The fraction of sp³-hybridized carbons (Fsp3) is 0.533. The Kier molecular flexibility index (Phi) is 4.77. The van der Waals surface area contributed by atoms with Crippen molar-refractivity contribution in [3.05, 3.63) is 29.8 Å². The van der Waals surface area contributed by atoms with Crippen molar-refractivity contribution in [3.63, 3.8) is 0 Å². The first-order valence-electron chi connectivity index (χ1n) is 6.96. The molecule has 6 heteroatoms. The Morgan fingerprint density at radius 3 is 2.90 bits per heavy atom. The third-order valence-corrected chi connectivity index (χ3v) is 3.75. The highest BCUT2D eigenvalue weighted by Crippen LogP contribution is 2.34. The fourth-order valence-corrected chi connectivity index (χ4v) is 2.80. The van der Waals surface area contributed by atoms with Gasteiger partial charge in [-0.1, -0.05) is 6.92 Å². The molecular formula is C15H19F2NO3. The minimum atomic E-state index is -0.808. The zero-order valence-electron chi connectivity index (χ0n) is 12.1. The molecule has 116 valence electrons. The van der Waals surface area contributed by atoms with Gasteiger partial charge in [-0.2, -0.15) is 0 Å². The Bertz CT molecular complexity index is 524. The zero-order valence-corrected chi connectivity index (χ0v) is 12.1. The van der Waals surface area contributed by atoms with Crippen LogP contribution in [-0.2, 0) is 9.53 Å². The number of carbonyl (C=O) groups excluding carboxylic acids is 1. The van der Waals surface area contributed by atoms with Crippen LogP contribution in [0.15, 0.2) is 18.2 Å². The number of esters is 1. The Balaban J connectivity index is 2.10. The van der Waals surface area contributed by atoms with Crippen molar-refractivity contribution < 1.29 is 23.0 Å². The summed E-state index contributed by atoms with van der Waals surface area (Å²) in [6.45, 7) is 2.50. The van der Waals surface area contributed by atoms with Gasteiger partial charge in [0.15, 0.2) is 11.6 Å². The molecule has 1 N–H and O–H groups in total. The van der Waals surface area contributed by atoms with E-state index in [4.69, 9.17) is 9.47 Å². The van der Waals surface area contributed by atoms with E-state index in [1.54, 1.807) is 0 Å². The summed E-state index contributed by atoms with van der Waals surface area (Å²) in [5.41, 5.74) is -0.808. The predicted molar refractivity (Wildman–Crippen MR) is 73.0 cm³/mol. The SMILES string of the molecule is CCNC1(C(=O)OC)CCC(Oc2cc(F)ccc2F)C1. The second-order valence-electron chi connectivity index (χ2n) is 5.16. The molecule has 0 radical (unpaired) electrons. The minimum absolute atomic E-state index is 0.128. The molecule has 1 aromatic rings. The largest absolute Gasteiger partial charge is 0.487 e. The van der Waals surface area contributed by atoms with Crippen molar-refractivity contribution in [2.45, 2.75) is 37.8 Å². The summed E-state index contributed by atoms with van der Waals surface area (Å²) < 4.78 is 37.1. The normalized spacial score (nSPS) is 24.9. The quantitative estimate of drug-likeness (QED) is 0.848. The molecule has 0 amide bonds. The second kappa shape index (κ2) is 6.39. The lowest BCUT2D eigenvalue weighted by atomic mass is 9.97. The number of nitrogens with one attached hydrogen (secondary N) is 1. The van der Waals surface area contributed by atoms with E-state index in [9.17, 15) is 13.6 Å². The highest BCUT2D eigenvalue weighted by molar-refractivity contribution is 5.81. The molecule has 2 unspecified atom stereocenters. The summed E-state index contributed by atoms with van der Waals surface area (Å²) in [5, 5.41) is 3.13. The van der Waals surface area contributed by atoms with Gasteiger partial charge in [0.1, 0.15) is 17.5 Å². The predicted octanol–water partition coefficient (Wildman–Crippen LogP) is 2.42. The highest BCUT2D eigenvalue weighted by Gasteiger charge is 2.46. The average molecular weight is 299 g/mol. The van der Waals surface area contributed by atoms with E-state index in [1.807, 2.05) is 6.92 Å². The van der Waals surface area contributed by atoms with Crippen LogP contribution in [0.3, 0.4) is 0 Å². The van der Waals surface area contributed by atoms with Crippen LogP contribution < -0.4 is 10.1 Å². The van der Waals surface area contributed by atoms with Crippen molar-refractivity contribution in [2.24, 2.45) is 0 Å². The molecule has 1 fully saturated rings. The molecule has 2 rings (SSSR count). The summed E-state index contributed by atoms with van der Waals surface area (Å²) in [7, 11) is 1.34. The summed E-state index contributed by atoms with van der Waals surface area (Å²) in [5.74, 6) is -1.65. The van der Waals surface area contributed by atoms with Crippen LogP contribution in [0.4, 0.5) is 8.78 Å². The third kappa shape index (κ3) is 3.32. The third-order valence-electron chi connectivity index (χ3n) is 3.75. The Labute approximate surface area is 122 Å². The number of benzene rings is 1. The number of ether oxygens (including phenoxy) is 2. The zero-order chi connectivity index (χ0) is 15.5. The number of methoxy groups -OCH3 is 1. The van der Waals surface area contributed by atoms with Gasteiger partial charge in [-0.3, -0.25) is 4.79 Å². The maximum atomic E-state index is 13.6. The van der Waals surface area contributed by atoms with E-state index in [0.29, 0.717) is 25.8 Å². The van der Waals surface area contributed by atoms with Gasteiger partial charge in [-0.25, -0.2) is 8.78 Å². The number of carbonyl (C=O) groups is 1.